The summed E-state index contributed by atoms with van der Waals surface area (Å²) in [7, 11) is 0. The Balaban J connectivity index is 1.86. The molecule has 2 aliphatic rings. The number of likely N-dealkylation sites (tertiary alicyclic amines) is 2. The van der Waals surface area contributed by atoms with Crippen molar-refractivity contribution in [3.63, 3.8) is 0 Å². The lowest BCUT2D eigenvalue weighted by Gasteiger charge is -2.47. The van der Waals surface area contributed by atoms with Gasteiger partial charge in [0.25, 0.3) is 0 Å². The molecule has 0 aromatic heterocycles. The summed E-state index contributed by atoms with van der Waals surface area (Å²) < 4.78 is 36.5. The van der Waals surface area contributed by atoms with Gasteiger partial charge in [0.2, 0.25) is 11.8 Å². The molecule has 0 aliphatic carbocycles. The highest BCUT2D eigenvalue weighted by atomic mass is 19.4. The summed E-state index contributed by atoms with van der Waals surface area (Å²) in [6.07, 6.45) is -2.97. The maximum Gasteiger partial charge on any atom is 0.471 e. The summed E-state index contributed by atoms with van der Waals surface area (Å²) in [5.74, 6) is -2.56. The van der Waals surface area contributed by atoms with Crippen molar-refractivity contribution < 1.29 is 27.6 Å². The Morgan fingerprint density at radius 1 is 1.23 bits per heavy atom. The third-order valence-corrected chi connectivity index (χ3v) is 5.08. The van der Waals surface area contributed by atoms with Crippen molar-refractivity contribution >= 4 is 17.7 Å². The molecule has 3 amide bonds. The molecule has 6 nitrogen and oxygen atoms in total. The Bertz CT molecular complexity index is 569. The fourth-order valence-electron chi connectivity index (χ4n) is 3.91. The maximum absolute atomic E-state index is 12.5. The van der Waals surface area contributed by atoms with Crippen LogP contribution in [0.2, 0.25) is 0 Å². The Morgan fingerprint density at radius 3 is 2.35 bits per heavy atom. The zero-order valence-electron chi connectivity index (χ0n) is 15.4. The van der Waals surface area contributed by atoms with Crippen LogP contribution in [0.5, 0.6) is 0 Å². The van der Waals surface area contributed by atoms with E-state index in [-0.39, 0.29) is 23.3 Å². The summed E-state index contributed by atoms with van der Waals surface area (Å²) >= 11 is 0. The predicted octanol–water partition coefficient (Wildman–Crippen LogP) is 1.55. The van der Waals surface area contributed by atoms with Gasteiger partial charge in [0.1, 0.15) is 0 Å². The van der Waals surface area contributed by atoms with Crippen molar-refractivity contribution in [3.8, 4) is 0 Å². The van der Waals surface area contributed by atoms with E-state index in [1.807, 2.05) is 11.8 Å². The lowest BCUT2D eigenvalue weighted by atomic mass is 9.78. The number of nitrogens with one attached hydrogen (secondary N) is 1. The van der Waals surface area contributed by atoms with E-state index in [0.29, 0.717) is 32.5 Å². The van der Waals surface area contributed by atoms with Gasteiger partial charge in [-0.2, -0.15) is 13.2 Å². The van der Waals surface area contributed by atoms with Gasteiger partial charge in [-0.15, -0.1) is 0 Å². The second kappa shape index (κ2) is 7.44. The van der Waals surface area contributed by atoms with Crippen molar-refractivity contribution in [2.75, 3.05) is 26.2 Å². The average molecular weight is 377 g/mol. The van der Waals surface area contributed by atoms with Crippen molar-refractivity contribution in [3.05, 3.63) is 0 Å². The van der Waals surface area contributed by atoms with Gasteiger partial charge in [-0.1, -0.05) is 20.8 Å². The molecular weight excluding hydrogens is 351 g/mol. The van der Waals surface area contributed by atoms with Gasteiger partial charge in [0, 0.05) is 31.6 Å². The zero-order chi connectivity index (χ0) is 19.7. The largest absolute Gasteiger partial charge is 0.471 e. The quantitative estimate of drug-likeness (QED) is 0.811. The SMILES string of the molecule is CC1CC(C)(C)CN(C2CCN(C(=O)CNC(=O)C(F)(F)F)CC2)C1=O. The number of carbonyl (C=O) groups excluding carboxylic acids is 3. The molecule has 148 valence electrons. The normalized spacial score (nSPS) is 24.5. The first-order valence-electron chi connectivity index (χ1n) is 8.84. The van der Waals surface area contributed by atoms with E-state index in [0.717, 1.165) is 6.42 Å². The molecule has 2 aliphatic heterocycles. The molecule has 0 spiro atoms. The van der Waals surface area contributed by atoms with Crippen LogP contribution in [0.3, 0.4) is 0 Å². The van der Waals surface area contributed by atoms with Crippen molar-refractivity contribution in [2.45, 2.75) is 52.3 Å². The second-order valence-corrected chi connectivity index (χ2v) is 8.03. The predicted molar refractivity (Wildman–Crippen MR) is 87.9 cm³/mol. The van der Waals surface area contributed by atoms with Crippen LogP contribution in [0.15, 0.2) is 0 Å². The number of hydrogen-bond acceptors (Lipinski definition) is 3. The highest BCUT2D eigenvalue weighted by Crippen LogP contribution is 2.35. The number of rotatable bonds is 3. The molecule has 26 heavy (non-hydrogen) atoms. The monoisotopic (exact) mass is 377 g/mol. The van der Waals surface area contributed by atoms with Crippen molar-refractivity contribution in [2.24, 2.45) is 11.3 Å². The van der Waals surface area contributed by atoms with E-state index < -0.39 is 24.5 Å². The molecule has 2 fully saturated rings. The molecule has 0 saturated carbocycles. The molecule has 9 heteroatoms. The summed E-state index contributed by atoms with van der Waals surface area (Å²) in [5, 5.41) is 1.60. The Morgan fingerprint density at radius 2 is 1.81 bits per heavy atom. The van der Waals surface area contributed by atoms with Crippen LogP contribution in [-0.4, -0.2) is 65.9 Å². The summed E-state index contributed by atoms with van der Waals surface area (Å²) in [4.78, 5) is 38.6. The van der Waals surface area contributed by atoms with Gasteiger partial charge in [0.15, 0.2) is 0 Å². The van der Waals surface area contributed by atoms with Crippen LogP contribution in [0, 0.1) is 11.3 Å². The number of amides is 3. The average Bonchev–Trinajstić information content (AvgIpc) is 2.54. The van der Waals surface area contributed by atoms with Gasteiger partial charge in [-0.05, 0) is 24.7 Å². The molecule has 1 N–H and O–H groups in total. The number of halogens is 3. The van der Waals surface area contributed by atoms with Gasteiger partial charge >= 0.3 is 12.1 Å². The van der Waals surface area contributed by atoms with Crippen LogP contribution in [0.25, 0.3) is 0 Å². The first kappa shape index (κ1) is 20.5. The first-order valence-corrected chi connectivity index (χ1v) is 8.84. The lowest BCUT2D eigenvalue weighted by Crippen LogP contribution is -2.56. The van der Waals surface area contributed by atoms with Crippen LogP contribution in [0.4, 0.5) is 13.2 Å². The molecule has 0 aromatic carbocycles. The Hall–Kier alpha value is -1.80. The molecule has 2 rings (SSSR count). The van der Waals surface area contributed by atoms with Crippen LogP contribution in [0.1, 0.15) is 40.0 Å². The fraction of sp³-hybridized carbons (Fsp3) is 0.824. The van der Waals surface area contributed by atoms with E-state index in [1.54, 1.807) is 5.32 Å². The van der Waals surface area contributed by atoms with Gasteiger partial charge < -0.3 is 15.1 Å². The van der Waals surface area contributed by atoms with Crippen LogP contribution < -0.4 is 5.32 Å². The summed E-state index contributed by atoms with van der Waals surface area (Å²) in [5.41, 5.74) is 0.0438. The molecule has 0 aromatic rings. The lowest BCUT2D eigenvalue weighted by molar-refractivity contribution is -0.174. The molecule has 2 heterocycles. The third kappa shape index (κ3) is 4.88. The van der Waals surface area contributed by atoms with E-state index in [2.05, 4.69) is 13.8 Å². The van der Waals surface area contributed by atoms with E-state index in [9.17, 15) is 27.6 Å². The number of alkyl halides is 3. The van der Waals surface area contributed by atoms with E-state index in [1.165, 1.54) is 4.90 Å². The molecule has 1 atom stereocenters. The van der Waals surface area contributed by atoms with Crippen LogP contribution in [-0.2, 0) is 14.4 Å². The molecule has 0 bridgehead atoms. The maximum atomic E-state index is 12.5. The summed E-state index contributed by atoms with van der Waals surface area (Å²) in [6.45, 7) is 6.92. The highest BCUT2D eigenvalue weighted by Gasteiger charge is 2.41. The zero-order valence-corrected chi connectivity index (χ0v) is 15.4. The first-order chi connectivity index (χ1) is 11.9. The minimum absolute atomic E-state index is 0.0315. The Kier molecular flexibility index (Phi) is 5.87. The van der Waals surface area contributed by atoms with Gasteiger partial charge in [-0.3, -0.25) is 14.4 Å². The topological polar surface area (TPSA) is 69.7 Å². The van der Waals surface area contributed by atoms with Gasteiger partial charge in [0.05, 0.1) is 6.54 Å². The molecular formula is C17H26F3N3O3. The van der Waals surface area contributed by atoms with E-state index >= 15 is 0 Å². The highest BCUT2D eigenvalue weighted by molar-refractivity contribution is 5.87. The van der Waals surface area contributed by atoms with Gasteiger partial charge in [-0.25, -0.2) is 0 Å². The standard InChI is InChI=1S/C17H26F3N3O3/c1-11-8-16(2,3)10-23(14(11)25)12-4-6-22(7-5-12)13(24)9-21-15(26)17(18,19)20/h11-12H,4-10H2,1-3H3,(H,21,26). The van der Waals surface area contributed by atoms with E-state index in [4.69, 9.17) is 0 Å². The van der Waals surface area contributed by atoms with Crippen molar-refractivity contribution in [1.82, 2.24) is 15.1 Å². The minimum atomic E-state index is -4.99. The number of hydrogen-bond donors (Lipinski definition) is 1. The molecule has 0 radical (unpaired) electrons. The third-order valence-electron chi connectivity index (χ3n) is 5.08. The van der Waals surface area contributed by atoms with Crippen LogP contribution >= 0.6 is 0 Å². The second-order valence-electron chi connectivity index (χ2n) is 8.03. The molecule has 1 unspecified atom stereocenters. The summed E-state index contributed by atoms with van der Waals surface area (Å²) in [6, 6.07) is 0.0401. The Labute approximate surface area is 151 Å². The fourth-order valence-corrected chi connectivity index (χ4v) is 3.91. The molecule has 2 saturated heterocycles. The minimum Gasteiger partial charge on any atom is -0.341 e. The number of piperidine rings is 2. The van der Waals surface area contributed by atoms with Crippen molar-refractivity contribution in [1.29, 1.82) is 0 Å². The number of carbonyl (C=O) groups is 3. The smallest absolute Gasteiger partial charge is 0.341 e. The number of nitrogens with zero attached hydrogens (tertiary/aromatic N) is 2.